The quantitative estimate of drug-likeness (QED) is 0.608. The van der Waals surface area contributed by atoms with Crippen LogP contribution in [0.5, 0.6) is 5.88 Å². The van der Waals surface area contributed by atoms with Crippen LogP contribution in [0.4, 0.5) is 4.39 Å². The Balaban J connectivity index is 2.93. The van der Waals surface area contributed by atoms with E-state index in [0.717, 1.165) is 0 Å². The predicted molar refractivity (Wildman–Crippen MR) is 43.9 cm³/mol. The van der Waals surface area contributed by atoms with Crippen LogP contribution in [0.1, 0.15) is 12.7 Å². The first-order chi connectivity index (χ1) is 6.15. The van der Waals surface area contributed by atoms with Crippen LogP contribution < -0.4 is 10.9 Å². The van der Waals surface area contributed by atoms with Gasteiger partial charge in [-0.1, -0.05) is 6.92 Å². The number of rotatable bonds is 3. The molecule has 0 fully saturated rings. The molecule has 13 heavy (non-hydrogen) atoms. The number of aromatic hydroxyl groups is 1. The van der Waals surface area contributed by atoms with Crippen LogP contribution in [0.2, 0.25) is 0 Å². The summed E-state index contributed by atoms with van der Waals surface area (Å²) in [6.07, 6.45) is 0. The van der Waals surface area contributed by atoms with Crippen LogP contribution in [0.15, 0.2) is 4.79 Å². The van der Waals surface area contributed by atoms with Crippen molar-refractivity contribution in [3.8, 4) is 5.88 Å². The van der Waals surface area contributed by atoms with E-state index in [4.69, 9.17) is 5.11 Å². The molecule has 5 nitrogen and oxygen atoms in total. The summed E-state index contributed by atoms with van der Waals surface area (Å²) in [5, 5.41) is 11.7. The zero-order valence-corrected chi connectivity index (χ0v) is 7.09. The predicted octanol–water partition coefficient (Wildman–Crippen LogP) is -0.276. The van der Waals surface area contributed by atoms with Crippen LogP contribution in [0.25, 0.3) is 0 Å². The first-order valence-electron chi connectivity index (χ1n) is 3.83. The second-order valence-corrected chi connectivity index (χ2v) is 2.43. The fourth-order valence-electron chi connectivity index (χ4n) is 0.819. The van der Waals surface area contributed by atoms with Crippen LogP contribution in [0.3, 0.4) is 0 Å². The van der Waals surface area contributed by atoms with E-state index in [1.807, 2.05) is 6.92 Å². The smallest absolute Gasteiger partial charge is 0.291 e. The van der Waals surface area contributed by atoms with Gasteiger partial charge in [0.1, 0.15) is 5.82 Å². The van der Waals surface area contributed by atoms with Gasteiger partial charge in [0.15, 0.2) is 0 Å². The van der Waals surface area contributed by atoms with Crippen molar-refractivity contribution in [3.63, 3.8) is 0 Å². The van der Waals surface area contributed by atoms with E-state index in [1.54, 1.807) is 0 Å². The van der Waals surface area contributed by atoms with Crippen molar-refractivity contribution in [1.82, 2.24) is 15.3 Å². The van der Waals surface area contributed by atoms with Gasteiger partial charge in [0.25, 0.3) is 11.4 Å². The molecule has 0 aromatic carbocycles. The zero-order chi connectivity index (χ0) is 9.84. The van der Waals surface area contributed by atoms with Gasteiger partial charge in [-0.15, -0.1) is 0 Å². The molecule has 0 aliphatic carbocycles. The maximum atomic E-state index is 12.6. The molecule has 72 valence electrons. The van der Waals surface area contributed by atoms with E-state index >= 15 is 0 Å². The Hall–Kier alpha value is -1.43. The molecule has 0 saturated heterocycles. The lowest BCUT2D eigenvalue weighted by Crippen LogP contribution is -2.20. The van der Waals surface area contributed by atoms with Crippen LogP contribution in [-0.4, -0.2) is 21.6 Å². The number of aromatic amines is 1. The molecule has 0 spiro atoms. The summed E-state index contributed by atoms with van der Waals surface area (Å²) in [6.45, 7) is 2.86. The molecule has 0 atom stereocenters. The van der Waals surface area contributed by atoms with Gasteiger partial charge in [-0.25, -0.2) is 0 Å². The fourth-order valence-corrected chi connectivity index (χ4v) is 0.819. The summed E-state index contributed by atoms with van der Waals surface area (Å²) in [4.78, 5) is 16.4. The van der Waals surface area contributed by atoms with E-state index in [9.17, 15) is 9.18 Å². The van der Waals surface area contributed by atoms with Crippen LogP contribution in [0, 0.1) is 5.82 Å². The molecule has 0 saturated carbocycles. The van der Waals surface area contributed by atoms with Gasteiger partial charge >= 0.3 is 0 Å². The third-order valence-electron chi connectivity index (χ3n) is 1.44. The number of H-pyrrole nitrogens is 1. The molecule has 3 N–H and O–H groups in total. The average molecular weight is 187 g/mol. The van der Waals surface area contributed by atoms with Crippen molar-refractivity contribution in [2.24, 2.45) is 0 Å². The van der Waals surface area contributed by atoms with E-state index in [0.29, 0.717) is 13.1 Å². The number of nitrogens with one attached hydrogen (secondary N) is 2. The molecule has 0 amide bonds. The van der Waals surface area contributed by atoms with Crippen LogP contribution >= 0.6 is 0 Å². The SMILES string of the molecule is CCNCc1nc(O)c(F)c(=O)[nH]1. The third-order valence-corrected chi connectivity index (χ3v) is 1.44. The summed E-state index contributed by atoms with van der Waals surface area (Å²) in [6, 6.07) is 0. The topological polar surface area (TPSA) is 78.0 Å². The lowest BCUT2D eigenvalue weighted by Gasteiger charge is -2.01. The number of aromatic nitrogens is 2. The van der Waals surface area contributed by atoms with Gasteiger partial charge in [-0.3, -0.25) is 4.79 Å². The van der Waals surface area contributed by atoms with Gasteiger partial charge in [0.2, 0.25) is 5.82 Å². The molecule has 1 aromatic rings. The summed E-state index contributed by atoms with van der Waals surface area (Å²) >= 11 is 0. The highest BCUT2D eigenvalue weighted by molar-refractivity contribution is 5.09. The lowest BCUT2D eigenvalue weighted by molar-refractivity contribution is 0.400. The maximum absolute atomic E-state index is 12.6. The van der Waals surface area contributed by atoms with Crippen molar-refractivity contribution in [2.75, 3.05) is 6.54 Å². The van der Waals surface area contributed by atoms with E-state index in [2.05, 4.69) is 15.3 Å². The van der Waals surface area contributed by atoms with Gasteiger partial charge in [-0.05, 0) is 6.54 Å². The minimum Gasteiger partial charge on any atom is -0.491 e. The first-order valence-corrected chi connectivity index (χ1v) is 3.83. The molecule has 0 aliphatic rings. The minimum absolute atomic E-state index is 0.214. The van der Waals surface area contributed by atoms with Crippen molar-refractivity contribution < 1.29 is 9.50 Å². The highest BCUT2D eigenvalue weighted by Crippen LogP contribution is 2.04. The zero-order valence-electron chi connectivity index (χ0n) is 7.09. The van der Waals surface area contributed by atoms with Crippen LogP contribution in [-0.2, 0) is 6.54 Å². The Morgan fingerprint density at radius 2 is 2.38 bits per heavy atom. The number of nitrogens with zero attached hydrogens (tertiary/aromatic N) is 1. The Bertz CT molecular complexity index is 350. The van der Waals surface area contributed by atoms with Gasteiger partial charge in [-0.2, -0.15) is 9.37 Å². The molecule has 0 unspecified atom stereocenters. The van der Waals surface area contributed by atoms with E-state index < -0.39 is 17.3 Å². The second-order valence-electron chi connectivity index (χ2n) is 2.43. The molecule has 1 rings (SSSR count). The largest absolute Gasteiger partial charge is 0.491 e. The third kappa shape index (κ3) is 2.25. The number of hydrogen-bond acceptors (Lipinski definition) is 4. The standard InChI is InChI=1S/C7H10FN3O2/c1-2-9-3-4-10-6(12)5(8)7(13)11-4/h9H,2-3H2,1H3,(H2,10,11,12,13). The normalized spacial score (nSPS) is 10.3. The maximum Gasteiger partial charge on any atom is 0.291 e. The van der Waals surface area contributed by atoms with E-state index in [1.165, 1.54) is 0 Å². The Kier molecular flexibility index (Phi) is 2.97. The summed E-state index contributed by atoms with van der Waals surface area (Å²) < 4.78 is 12.6. The van der Waals surface area contributed by atoms with Crippen molar-refractivity contribution in [1.29, 1.82) is 0 Å². The van der Waals surface area contributed by atoms with Crippen molar-refractivity contribution in [2.45, 2.75) is 13.5 Å². The Morgan fingerprint density at radius 1 is 1.69 bits per heavy atom. The van der Waals surface area contributed by atoms with Crippen molar-refractivity contribution in [3.05, 3.63) is 22.0 Å². The van der Waals surface area contributed by atoms with Gasteiger partial charge in [0.05, 0.1) is 6.54 Å². The number of hydrogen-bond donors (Lipinski definition) is 3. The summed E-state index contributed by atoms with van der Waals surface area (Å²) in [5.74, 6) is -1.90. The Labute approximate surface area is 73.6 Å². The molecule has 6 heteroatoms. The second kappa shape index (κ2) is 3.99. The Morgan fingerprint density at radius 3 is 2.92 bits per heavy atom. The molecule has 0 aliphatic heterocycles. The highest BCUT2D eigenvalue weighted by Gasteiger charge is 2.08. The molecular weight excluding hydrogens is 177 g/mol. The molecule has 1 heterocycles. The first kappa shape index (κ1) is 9.66. The molecule has 1 aromatic heterocycles. The summed E-state index contributed by atoms with van der Waals surface area (Å²) in [7, 11) is 0. The monoisotopic (exact) mass is 187 g/mol. The fraction of sp³-hybridized carbons (Fsp3) is 0.429. The highest BCUT2D eigenvalue weighted by atomic mass is 19.1. The minimum atomic E-state index is -1.25. The molecular formula is C7H10FN3O2. The molecule has 0 radical (unpaired) electrons. The van der Waals surface area contributed by atoms with Gasteiger partial charge < -0.3 is 15.4 Å². The lowest BCUT2D eigenvalue weighted by atomic mass is 10.5. The average Bonchev–Trinajstić information content (AvgIpc) is 2.10. The van der Waals surface area contributed by atoms with Crippen molar-refractivity contribution >= 4 is 0 Å². The number of halogens is 1. The van der Waals surface area contributed by atoms with E-state index in [-0.39, 0.29) is 5.82 Å². The molecule has 0 bridgehead atoms. The van der Waals surface area contributed by atoms with Gasteiger partial charge in [0, 0.05) is 0 Å². The summed E-state index contributed by atoms with van der Waals surface area (Å²) in [5.41, 5.74) is -0.958.